The van der Waals surface area contributed by atoms with E-state index in [0.29, 0.717) is 0 Å². The topological polar surface area (TPSA) is 6.48 Å². The molecule has 0 radical (unpaired) electrons. The molecule has 0 spiro atoms. The van der Waals surface area contributed by atoms with Crippen LogP contribution in [0.25, 0.3) is 68.1 Å². The van der Waals surface area contributed by atoms with E-state index < -0.39 is 0 Å². The zero-order valence-corrected chi connectivity index (χ0v) is 60.8. The van der Waals surface area contributed by atoms with Gasteiger partial charge in [-0.3, -0.25) is 0 Å². The first-order valence-electron chi connectivity index (χ1n) is 37.0. The number of hydrogen-bond donors (Lipinski definition) is 0. The van der Waals surface area contributed by atoms with E-state index in [0.717, 1.165) is 45.3 Å². The lowest BCUT2D eigenvalue weighted by atomic mass is 9.95. The van der Waals surface area contributed by atoms with Crippen molar-refractivity contribution >= 4 is 102 Å². The van der Waals surface area contributed by atoms with E-state index in [2.05, 4.69) is 485 Å². The van der Waals surface area contributed by atoms with Crippen LogP contribution in [0.4, 0.5) is 34.1 Å². The smallest absolute Gasteiger partial charge is 0.0540 e. The summed E-state index contributed by atoms with van der Waals surface area (Å²) in [7, 11) is 0. The van der Waals surface area contributed by atoms with Crippen LogP contribution in [-0.4, -0.2) is 0 Å². The van der Waals surface area contributed by atoms with Gasteiger partial charge in [0.25, 0.3) is 0 Å². The molecule has 516 valence electrons. The van der Waals surface area contributed by atoms with Gasteiger partial charge >= 0.3 is 0 Å². The van der Waals surface area contributed by atoms with Crippen molar-refractivity contribution in [2.75, 3.05) is 9.80 Å². The highest BCUT2D eigenvalue weighted by atomic mass is 15.1. The third-order valence-corrected chi connectivity index (χ3v) is 19.6. The Hall–Kier alpha value is -13.9. The largest absolute Gasteiger partial charge is 0.310 e. The van der Waals surface area contributed by atoms with E-state index in [4.69, 9.17) is 0 Å². The Balaban J connectivity index is 0.000000172. The summed E-state index contributed by atoms with van der Waals surface area (Å²) < 4.78 is 0. The Morgan fingerprint density at radius 1 is 0.204 bits per heavy atom. The molecule has 16 rings (SSSR count). The van der Waals surface area contributed by atoms with Gasteiger partial charge in [-0.15, -0.1) is 0 Å². The summed E-state index contributed by atoms with van der Waals surface area (Å²) in [5.74, 6) is 0. The standard InChI is InChI=1S/C54H43N.C52H39N/c1-40-25-31-46(32-26-40)50(47-33-27-41(2)28-34-47)24-14-19-45-35-38-54(52-23-13-12-22-51(45)52)55(48-20-10-5-11-21-48)49-36-29-42(30-37-49)39-53(43-15-6-3-7-16-43)44-17-8-4-9-18-44;1-6-19-41(20-7-1)48(42-21-8-2-9-22-42)32-18-27-45-35-38-52(50-31-17-16-30-49(45)50)53(46-28-14-5-15-29-46)47-36-33-40(34-37-47)39-51(43-23-10-3-11-24-43)44-25-12-4-13-26-44/h3-39H,1-2H3;1-39H/b19-14+;27-18+. The molecule has 0 amide bonds. The van der Waals surface area contributed by atoms with Crippen LogP contribution in [0, 0.1) is 13.8 Å². The van der Waals surface area contributed by atoms with Gasteiger partial charge in [-0.1, -0.05) is 399 Å². The lowest BCUT2D eigenvalue weighted by Crippen LogP contribution is -2.10. The first-order chi connectivity index (χ1) is 53.4. The summed E-state index contributed by atoms with van der Waals surface area (Å²) in [6.07, 6.45) is 17.9. The summed E-state index contributed by atoms with van der Waals surface area (Å²) in [5.41, 5.74) is 28.2. The van der Waals surface area contributed by atoms with Gasteiger partial charge in [0.1, 0.15) is 0 Å². The number of hydrogen-bond acceptors (Lipinski definition) is 2. The maximum atomic E-state index is 2.37. The van der Waals surface area contributed by atoms with E-state index in [1.165, 1.54) is 111 Å². The normalized spacial score (nSPS) is 11.0. The van der Waals surface area contributed by atoms with Crippen LogP contribution in [0.15, 0.2) is 437 Å². The van der Waals surface area contributed by atoms with Gasteiger partial charge in [-0.05, 0) is 186 Å². The molecule has 0 aliphatic rings. The van der Waals surface area contributed by atoms with Crippen molar-refractivity contribution < 1.29 is 0 Å². The molecular weight excluding hydrogens is 1300 g/mol. The molecule has 0 aliphatic carbocycles. The molecule has 0 heterocycles. The number of nitrogens with zero attached hydrogens (tertiary/aromatic N) is 2. The fourth-order valence-corrected chi connectivity index (χ4v) is 14.1. The Kier molecular flexibility index (Phi) is 22.0. The predicted octanol–water partition coefficient (Wildman–Crippen LogP) is 28.7. The Morgan fingerprint density at radius 2 is 0.444 bits per heavy atom. The van der Waals surface area contributed by atoms with Crippen molar-refractivity contribution in [3.8, 4) is 0 Å². The second kappa shape index (κ2) is 34.1. The van der Waals surface area contributed by atoms with Crippen LogP contribution in [-0.2, 0) is 0 Å². The number of para-hydroxylation sites is 2. The quantitative estimate of drug-likeness (QED) is 0.0554. The van der Waals surface area contributed by atoms with Crippen LogP contribution < -0.4 is 9.80 Å². The third kappa shape index (κ3) is 16.7. The number of aryl methyl sites for hydroxylation is 2. The van der Waals surface area contributed by atoms with Gasteiger partial charge in [0.05, 0.1) is 11.4 Å². The van der Waals surface area contributed by atoms with Gasteiger partial charge in [0, 0.05) is 33.5 Å². The highest BCUT2D eigenvalue weighted by Crippen LogP contribution is 2.43. The highest BCUT2D eigenvalue weighted by molar-refractivity contribution is 6.05. The molecule has 0 saturated heterocycles. The minimum Gasteiger partial charge on any atom is -0.310 e. The molecule has 0 unspecified atom stereocenters. The highest BCUT2D eigenvalue weighted by Gasteiger charge is 2.20. The van der Waals surface area contributed by atoms with Crippen LogP contribution in [0.1, 0.15) is 77.9 Å². The molecule has 0 bridgehead atoms. The fourth-order valence-electron chi connectivity index (χ4n) is 14.1. The molecule has 16 aromatic carbocycles. The molecule has 0 atom stereocenters. The predicted molar refractivity (Wildman–Crippen MR) is 464 cm³/mol. The summed E-state index contributed by atoms with van der Waals surface area (Å²) in [6, 6.07) is 147. The average Bonchev–Trinajstić information content (AvgIpc) is 0.773. The molecule has 108 heavy (non-hydrogen) atoms. The molecular formula is C106H82N2. The monoisotopic (exact) mass is 1380 g/mol. The van der Waals surface area contributed by atoms with Crippen LogP contribution in [0.2, 0.25) is 0 Å². The molecule has 2 heteroatoms. The number of anilines is 6. The van der Waals surface area contributed by atoms with E-state index in [1.807, 2.05) is 0 Å². The second-order valence-electron chi connectivity index (χ2n) is 26.9. The molecule has 0 N–H and O–H groups in total. The van der Waals surface area contributed by atoms with E-state index in [-0.39, 0.29) is 0 Å². The Bertz CT molecular complexity index is 5660. The first-order valence-corrected chi connectivity index (χ1v) is 37.0. The number of allylic oxidation sites excluding steroid dienone is 4. The van der Waals surface area contributed by atoms with Crippen molar-refractivity contribution in [3.63, 3.8) is 0 Å². The number of benzene rings is 16. The molecule has 0 fully saturated rings. The summed E-state index contributed by atoms with van der Waals surface area (Å²) in [5, 5.41) is 4.78. The van der Waals surface area contributed by atoms with Crippen molar-refractivity contribution in [3.05, 3.63) is 515 Å². The number of rotatable bonds is 20. The fraction of sp³-hybridized carbons (Fsp3) is 0.0189. The SMILES string of the molecule is C(/C=C/c1ccc(N(c2ccccc2)c2ccc(C=C(c3ccccc3)c3ccccc3)cc2)c2ccccc12)=C(c1ccccc1)c1ccccc1.Cc1ccc(C(=C/C=C/c2ccc(N(c3ccccc3)c3ccc(C=C(c4ccccc4)c4ccccc4)cc3)c3ccccc23)c2ccc(C)cc2)cc1. The van der Waals surface area contributed by atoms with Crippen molar-refractivity contribution in [1.82, 2.24) is 0 Å². The van der Waals surface area contributed by atoms with Crippen LogP contribution in [0.5, 0.6) is 0 Å². The zero-order valence-electron chi connectivity index (χ0n) is 60.8. The minimum absolute atomic E-state index is 1.10. The van der Waals surface area contributed by atoms with E-state index in [1.54, 1.807) is 0 Å². The average molecular weight is 1380 g/mol. The molecule has 0 aliphatic heterocycles. The van der Waals surface area contributed by atoms with Crippen molar-refractivity contribution in [1.29, 1.82) is 0 Å². The van der Waals surface area contributed by atoms with Crippen LogP contribution >= 0.6 is 0 Å². The molecule has 0 aromatic heterocycles. The lowest BCUT2D eigenvalue weighted by molar-refractivity contribution is 1.29. The Morgan fingerprint density at radius 3 is 0.741 bits per heavy atom. The van der Waals surface area contributed by atoms with Gasteiger partial charge in [0.2, 0.25) is 0 Å². The van der Waals surface area contributed by atoms with Crippen molar-refractivity contribution in [2.24, 2.45) is 0 Å². The van der Waals surface area contributed by atoms with Gasteiger partial charge < -0.3 is 9.80 Å². The Labute approximate surface area is 636 Å². The van der Waals surface area contributed by atoms with Crippen molar-refractivity contribution in [2.45, 2.75) is 13.8 Å². The minimum atomic E-state index is 1.10. The first kappa shape index (κ1) is 69.8. The zero-order chi connectivity index (χ0) is 73.1. The van der Waals surface area contributed by atoms with Gasteiger partial charge in [-0.25, -0.2) is 0 Å². The maximum Gasteiger partial charge on any atom is 0.0540 e. The van der Waals surface area contributed by atoms with E-state index in [9.17, 15) is 0 Å². The van der Waals surface area contributed by atoms with E-state index >= 15 is 0 Å². The third-order valence-electron chi connectivity index (χ3n) is 19.6. The van der Waals surface area contributed by atoms with Crippen LogP contribution in [0.3, 0.4) is 0 Å². The second-order valence-corrected chi connectivity index (χ2v) is 26.9. The summed E-state index contributed by atoms with van der Waals surface area (Å²) in [4.78, 5) is 4.73. The maximum absolute atomic E-state index is 2.37. The molecule has 0 saturated carbocycles. The summed E-state index contributed by atoms with van der Waals surface area (Å²) >= 11 is 0. The molecule has 2 nitrogen and oxygen atoms in total. The lowest BCUT2D eigenvalue weighted by Gasteiger charge is -2.27. The van der Waals surface area contributed by atoms with Gasteiger partial charge in [-0.2, -0.15) is 0 Å². The number of fused-ring (bicyclic) bond motifs is 2. The molecule has 16 aromatic rings. The summed E-state index contributed by atoms with van der Waals surface area (Å²) in [6.45, 7) is 4.27. The van der Waals surface area contributed by atoms with Gasteiger partial charge in [0.15, 0.2) is 0 Å².